The standard InChI is InChI=1S/C13H15N5O2/c1-14-11-4-3-10(13(18-11)20-2)12(19)17-9-7-15-5-6-16-8-9/h3-8,15H,1-2H3,(H,14,18)(H,17,19). The van der Waals surface area contributed by atoms with Gasteiger partial charge in [0.15, 0.2) is 0 Å². The molecule has 7 nitrogen and oxygen atoms in total. The van der Waals surface area contributed by atoms with E-state index in [4.69, 9.17) is 4.74 Å². The van der Waals surface area contributed by atoms with Crippen LogP contribution in [-0.2, 0) is 0 Å². The molecule has 7 heteroatoms. The lowest BCUT2D eigenvalue weighted by Crippen LogP contribution is -2.25. The number of nitrogens with one attached hydrogen (secondary N) is 3. The number of carbonyl (C=O) groups excluding carboxylic acids is 1. The highest BCUT2D eigenvalue weighted by Crippen LogP contribution is 2.18. The quantitative estimate of drug-likeness (QED) is 0.757. The first kappa shape index (κ1) is 13.6. The number of anilines is 1. The van der Waals surface area contributed by atoms with Gasteiger partial charge in [-0.3, -0.25) is 9.79 Å². The second-order valence-corrected chi connectivity index (χ2v) is 3.82. The first-order valence-corrected chi connectivity index (χ1v) is 5.93. The normalized spacial score (nSPS) is 13.0. The van der Waals surface area contributed by atoms with Gasteiger partial charge in [-0.15, -0.1) is 0 Å². The van der Waals surface area contributed by atoms with Gasteiger partial charge in [0.05, 0.1) is 19.0 Å². The van der Waals surface area contributed by atoms with E-state index in [-0.39, 0.29) is 11.8 Å². The number of hydrogen-bond acceptors (Lipinski definition) is 6. The Kier molecular flexibility index (Phi) is 4.33. The summed E-state index contributed by atoms with van der Waals surface area (Å²) in [5, 5.41) is 8.46. The van der Waals surface area contributed by atoms with Crippen LogP contribution in [0.4, 0.5) is 5.82 Å². The zero-order chi connectivity index (χ0) is 14.4. The number of aromatic nitrogens is 1. The minimum atomic E-state index is -0.321. The number of ether oxygens (including phenoxy) is 1. The van der Waals surface area contributed by atoms with E-state index >= 15 is 0 Å². The molecular formula is C13H15N5O2. The zero-order valence-electron chi connectivity index (χ0n) is 11.2. The average molecular weight is 273 g/mol. The molecule has 0 saturated heterocycles. The van der Waals surface area contributed by atoms with E-state index in [0.717, 1.165) is 0 Å². The summed E-state index contributed by atoms with van der Waals surface area (Å²) in [6.45, 7) is 0. The molecule has 0 fully saturated rings. The van der Waals surface area contributed by atoms with E-state index in [1.165, 1.54) is 13.3 Å². The minimum absolute atomic E-state index is 0.256. The predicted octanol–water partition coefficient (Wildman–Crippen LogP) is 0.848. The van der Waals surface area contributed by atoms with E-state index in [1.54, 1.807) is 37.8 Å². The number of allylic oxidation sites excluding steroid dienone is 1. The third kappa shape index (κ3) is 3.14. The topological polar surface area (TPSA) is 87.6 Å². The molecule has 2 rings (SSSR count). The van der Waals surface area contributed by atoms with Crippen LogP contribution in [0.25, 0.3) is 0 Å². The van der Waals surface area contributed by atoms with Gasteiger partial charge in [-0.25, -0.2) is 0 Å². The molecule has 1 amide bonds. The van der Waals surface area contributed by atoms with E-state index in [0.29, 0.717) is 17.1 Å². The second-order valence-electron chi connectivity index (χ2n) is 3.82. The highest BCUT2D eigenvalue weighted by molar-refractivity contribution is 6.00. The fraction of sp³-hybridized carbons (Fsp3) is 0.154. The van der Waals surface area contributed by atoms with Crippen molar-refractivity contribution in [1.82, 2.24) is 15.6 Å². The Hall–Kier alpha value is -2.83. The second kappa shape index (κ2) is 6.37. The maximum atomic E-state index is 12.2. The number of pyridine rings is 1. The van der Waals surface area contributed by atoms with Crippen molar-refractivity contribution in [1.29, 1.82) is 0 Å². The monoisotopic (exact) mass is 273 g/mol. The Labute approximate surface area is 116 Å². The summed E-state index contributed by atoms with van der Waals surface area (Å²) in [6.07, 6.45) is 6.40. The Balaban J connectivity index is 2.18. The Bertz CT molecular complexity index is 592. The smallest absolute Gasteiger partial charge is 0.261 e. The number of amides is 1. The van der Waals surface area contributed by atoms with Crippen molar-refractivity contribution in [3.8, 4) is 5.88 Å². The fourth-order valence-corrected chi connectivity index (χ4v) is 1.56. The number of hydrogen-bond donors (Lipinski definition) is 3. The van der Waals surface area contributed by atoms with Gasteiger partial charge in [-0.05, 0) is 12.1 Å². The van der Waals surface area contributed by atoms with Crippen molar-refractivity contribution in [2.75, 3.05) is 19.5 Å². The van der Waals surface area contributed by atoms with Gasteiger partial charge < -0.3 is 20.7 Å². The highest BCUT2D eigenvalue weighted by Gasteiger charge is 2.15. The van der Waals surface area contributed by atoms with Crippen molar-refractivity contribution in [2.45, 2.75) is 0 Å². The minimum Gasteiger partial charge on any atom is -0.480 e. The summed E-state index contributed by atoms with van der Waals surface area (Å²) in [4.78, 5) is 20.3. The third-order valence-corrected chi connectivity index (χ3v) is 2.52. The molecule has 1 aliphatic heterocycles. The highest BCUT2D eigenvalue weighted by atomic mass is 16.5. The number of carbonyl (C=O) groups is 1. The Morgan fingerprint density at radius 2 is 2.25 bits per heavy atom. The van der Waals surface area contributed by atoms with Crippen molar-refractivity contribution >= 4 is 17.9 Å². The molecule has 0 aromatic carbocycles. The van der Waals surface area contributed by atoms with Gasteiger partial charge >= 0.3 is 0 Å². The number of nitrogens with zero attached hydrogens (tertiary/aromatic N) is 2. The van der Waals surface area contributed by atoms with Gasteiger partial charge in [-0.2, -0.15) is 4.98 Å². The first-order chi connectivity index (χ1) is 9.74. The fourth-order valence-electron chi connectivity index (χ4n) is 1.56. The molecule has 3 N–H and O–H groups in total. The van der Waals surface area contributed by atoms with Gasteiger partial charge in [0.1, 0.15) is 11.4 Å². The van der Waals surface area contributed by atoms with Crippen LogP contribution in [0.1, 0.15) is 10.4 Å². The lowest BCUT2D eigenvalue weighted by atomic mass is 10.2. The van der Waals surface area contributed by atoms with Crippen LogP contribution in [0.5, 0.6) is 5.88 Å². The Morgan fingerprint density at radius 3 is 3.00 bits per heavy atom. The van der Waals surface area contributed by atoms with Gasteiger partial charge in [0.25, 0.3) is 5.91 Å². The maximum Gasteiger partial charge on any atom is 0.261 e. The summed E-state index contributed by atoms with van der Waals surface area (Å²) in [5.41, 5.74) is 0.887. The van der Waals surface area contributed by atoms with E-state index in [1.807, 2.05) is 0 Å². The van der Waals surface area contributed by atoms with Crippen molar-refractivity contribution in [3.63, 3.8) is 0 Å². The van der Waals surface area contributed by atoms with Crippen molar-refractivity contribution in [3.05, 3.63) is 42.0 Å². The summed E-state index contributed by atoms with van der Waals surface area (Å²) >= 11 is 0. The molecular weight excluding hydrogens is 258 g/mol. The molecule has 0 spiro atoms. The number of rotatable bonds is 4. The maximum absolute atomic E-state index is 12.2. The molecule has 104 valence electrons. The summed E-state index contributed by atoms with van der Waals surface area (Å²) < 4.78 is 5.13. The third-order valence-electron chi connectivity index (χ3n) is 2.52. The molecule has 0 unspecified atom stereocenters. The molecule has 1 aromatic heterocycles. The van der Waals surface area contributed by atoms with E-state index in [2.05, 4.69) is 25.9 Å². The molecule has 0 bridgehead atoms. The van der Waals surface area contributed by atoms with Crippen molar-refractivity contribution < 1.29 is 9.53 Å². The van der Waals surface area contributed by atoms with Crippen LogP contribution in [0.3, 0.4) is 0 Å². The van der Waals surface area contributed by atoms with Crippen LogP contribution in [0, 0.1) is 0 Å². The number of methoxy groups -OCH3 is 1. The molecule has 1 aliphatic rings. The van der Waals surface area contributed by atoms with Crippen LogP contribution in [-0.4, -0.2) is 31.3 Å². The lowest BCUT2D eigenvalue weighted by Gasteiger charge is -2.10. The molecule has 0 saturated carbocycles. The van der Waals surface area contributed by atoms with Crippen LogP contribution >= 0.6 is 0 Å². The van der Waals surface area contributed by atoms with Gasteiger partial charge in [0.2, 0.25) is 5.88 Å². The first-order valence-electron chi connectivity index (χ1n) is 5.93. The lowest BCUT2D eigenvalue weighted by molar-refractivity contribution is 0.0964. The van der Waals surface area contributed by atoms with Crippen LogP contribution in [0.2, 0.25) is 0 Å². The summed E-state index contributed by atoms with van der Waals surface area (Å²) in [5.74, 6) is 0.560. The Morgan fingerprint density at radius 1 is 1.40 bits per heavy atom. The largest absolute Gasteiger partial charge is 0.480 e. The van der Waals surface area contributed by atoms with Crippen LogP contribution in [0.15, 0.2) is 41.4 Å². The summed E-state index contributed by atoms with van der Waals surface area (Å²) in [6, 6.07) is 3.35. The average Bonchev–Trinajstić information content (AvgIpc) is 2.75. The van der Waals surface area contributed by atoms with Crippen molar-refractivity contribution in [2.24, 2.45) is 4.99 Å². The molecule has 2 heterocycles. The molecule has 0 aliphatic carbocycles. The van der Waals surface area contributed by atoms with Crippen LogP contribution < -0.4 is 20.7 Å². The van der Waals surface area contributed by atoms with Gasteiger partial charge in [-0.1, -0.05) is 0 Å². The summed E-state index contributed by atoms with van der Waals surface area (Å²) in [7, 11) is 3.21. The van der Waals surface area contributed by atoms with E-state index in [9.17, 15) is 4.79 Å². The molecule has 0 atom stereocenters. The number of aliphatic imine (C=N–C) groups is 1. The molecule has 20 heavy (non-hydrogen) atoms. The van der Waals surface area contributed by atoms with E-state index < -0.39 is 0 Å². The molecule has 0 radical (unpaired) electrons. The molecule has 1 aromatic rings. The predicted molar refractivity (Wildman–Crippen MR) is 76.7 cm³/mol. The zero-order valence-corrected chi connectivity index (χ0v) is 11.2. The SMILES string of the molecule is CNc1ccc(C(=O)NC2=CNC=CN=C2)c(OC)n1. The van der Waals surface area contributed by atoms with Gasteiger partial charge in [0, 0.05) is 25.6 Å².